The van der Waals surface area contributed by atoms with Crippen LogP contribution in [0.4, 0.5) is 0 Å². The van der Waals surface area contributed by atoms with Crippen LogP contribution in [0.5, 0.6) is 11.5 Å². The SMILES string of the molecule is COCCS(=O)(=O)N[C@H](C)c1cc(OC)ccc1OC. The van der Waals surface area contributed by atoms with E-state index in [1.165, 1.54) is 14.2 Å². The molecule has 0 fully saturated rings. The smallest absolute Gasteiger partial charge is 0.214 e. The summed E-state index contributed by atoms with van der Waals surface area (Å²) in [6.45, 7) is 1.90. The first-order valence-electron chi connectivity index (χ1n) is 6.14. The molecular weight excluding hydrogens is 282 g/mol. The van der Waals surface area contributed by atoms with Crippen molar-refractivity contribution in [2.45, 2.75) is 13.0 Å². The van der Waals surface area contributed by atoms with E-state index < -0.39 is 16.1 Å². The van der Waals surface area contributed by atoms with Gasteiger partial charge in [0.1, 0.15) is 11.5 Å². The number of nitrogens with one attached hydrogen (secondary N) is 1. The van der Waals surface area contributed by atoms with Crippen molar-refractivity contribution >= 4 is 10.0 Å². The molecule has 0 amide bonds. The lowest BCUT2D eigenvalue weighted by Crippen LogP contribution is -2.30. The van der Waals surface area contributed by atoms with Crippen molar-refractivity contribution < 1.29 is 22.6 Å². The Bertz CT molecular complexity index is 530. The highest BCUT2D eigenvalue weighted by Gasteiger charge is 2.19. The molecule has 7 heteroatoms. The molecule has 0 heterocycles. The van der Waals surface area contributed by atoms with E-state index in [1.807, 2.05) is 0 Å². The summed E-state index contributed by atoms with van der Waals surface area (Å²) in [5.41, 5.74) is 0.716. The third kappa shape index (κ3) is 4.66. The normalized spacial score (nSPS) is 13.0. The Morgan fingerprint density at radius 1 is 1.20 bits per heavy atom. The molecule has 0 spiro atoms. The Hall–Kier alpha value is -1.31. The molecule has 1 aromatic carbocycles. The standard InChI is InChI=1S/C13H21NO5S/c1-10(14-20(15,16)8-7-17-2)12-9-11(18-3)5-6-13(12)19-4/h5-6,9-10,14H,7-8H2,1-4H3/t10-/m1/s1. The van der Waals surface area contributed by atoms with Gasteiger partial charge in [-0.05, 0) is 25.1 Å². The van der Waals surface area contributed by atoms with Gasteiger partial charge in [-0.1, -0.05) is 0 Å². The van der Waals surface area contributed by atoms with Gasteiger partial charge in [0.05, 0.1) is 26.6 Å². The Labute approximate surface area is 120 Å². The van der Waals surface area contributed by atoms with E-state index in [2.05, 4.69) is 4.72 Å². The maximum atomic E-state index is 11.9. The largest absolute Gasteiger partial charge is 0.497 e. The first kappa shape index (κ1) is 16.7. The highest BCUT2D eigenvalue weighted by atomic mass is 32.2. The van der Waals surface area contributed by atoms with Crippen LogP contribution in [0.15, 0.2) is 18.2 Å². The lowest BCUT2D eigenvalue weighted by Gasteiger charge is -2.18. The summed E-state index contributed by atoms with van der Waals surface area (Å²) in [7, 11) is 1.15. The van der Waals surface area contributed by atoms with Gasteiger partial charge >= 0.3 is 0 Å². The summed E-state index contributed by atoms with van der Waals surface area (Å²) in [6, 6.07) is 4.83. The van der Waals surface area contributed by atoms with Crippen molar-refractivity contribution in [3.05, 3.63) is 23.8 Å². The molecule has 0 unspecified atom stereocenters. The number of hydrogen-bond donors (Lipinski definition) is 1. The Kier molecular flexibility index (Phi) is 6.25. The van der Waals surface area contributed by atoms with Crippen LogP contribution in [0.3, 0.4) is 0 Å². The van der Waals surface area contributed by atoms with Gasteiger partial charge in [-0.15, -0.1) is 0 Å². The van der Waals surface area contributed by atoms with Gasteiger partial charge in [-0.2, -0.15) is 0 Å². The summed E-state index contributed by atoms with van der Waals surface area (Å²) in [6.07, 6.45) is 0. The van der Waals surface area contributed by atoms with E-state index in [9.17, 15) is 8.42 Å². The second-order valence-electron chi connectivity index (χ2n) is 4.26. The fourth-order valence-corrected chi connectivity index (χ4v) is 2.93. The van der Waals surface area contributed by atoms with Crippen molar-refractivity contribution in [1.82, 2.24) is 4.72 Å². The molecule has 1 atom stereocenters. The maximum Gasteiger partial charge on any atom is 0.214 e. The molecule has 0 saturated carbocycles. The quantitative estimate of drug-likeness (QED) is 0.784. The van der Waals surface area contributed by atoms with E-state index in [0.29, 0.717) is 17.1 Å². The van der Waals surface area contributed by atoms with Crippen molar-refractivity contribution in [3.8, 4) is 11.5 Å². The van der Waals surface area contributed by atoms with Gasteiger partial charge in [-0.3, -0.25) is 0 Å². The molecule has 0 bridgehead atoms. The molecule has 20 heavy (non-hydrogen) atoms. The fraction of sp³-hybridized carbons (Fsp3) is 0.538. The van der Waals surface area contributed by atoms with E-state index >= 15 is 0 Å². The van der Waals surface area contributed by atoms with Crippen LogP contribution in [0.2, 0.25) is 0 Å². The number of rotatable bonds is 8. The molecule has 1 N–H and O–H groups in total. The average Bonchev–Trinajstić information content (AvgIpc) is 2.43. The summed E-state index contributed by atoms with van der Waals surface area (Å²) in [5.74, 6) is 1.16. The predicted octanol–water partition coefficient (Wildman–Crippen LogP) is 1.33. The predicted molar refractivity (Wildman–Crippen MR) is 76.8 cm³/mol. The number of sulfonamides is 1. The van der Waals surface area contributed by atoms with Gasteiger partial charge in [0.2, 0.25) is 10.0 Å². The van der Waals surface area contributed by atoms with E-state index in [0.717, 1.165) is 0 Å². The minimum atomic E-state index is -3.41. The van der Waals surface area contributed by atoms with E-state index in [4.69, 9.17) is 14.2 Å². The van der Waals surface area contributed by atoms with Crippen LogP contribution >= 0.6 is 0 Å². The number of benzene rings is 1. The summed E-state index contributed by atoms with van der Waals surface area (Å²) in [5, 5.41) is 0. The maximum absolute atomic E-state index is 11.9. The van der Waals surface area contributed by atoms with E-state index in [-0.39, 0.29) is 12.4 Å². The third-order valence-corrected chi connectivity index (χ3v) is 4.23. The van der Waals surface area contributed by atoms with Crippen molar-refractivity contribution in [1.29, 1.82) is 0 Å². The molecular formula is C13H21NO5S. The monoisotopic (exact) mass is 303 g/mol. The summed E-state index contributed by atoms with van der Waals surface area (Å²) < 4.78 is 41.5. The molecule has 0 aliphatic carbocycles. The molecule has 6 nitrogen and oxygen atoms in total. The average molecular weight is 303 g/mol. The second-order valence-corrected chi connectivity index (χ2v) is 6.13. The lowest BCUT2D eigenvalue weighted by atomic mass is 10.1. The van der Waals surface area contributed by atoms with Gasteiger partial charge in [0.15, 0.2) is 0 Å². The molecule has 0 aromatic heterocycles. The van der Waals surface area contributed by atoms with Crippen LogP contribution in [0.25, 0.3) is 0 Å². The summed E-state index contributed by atoms with van der Waals surface area (Å²) >= 11 is 0. The lowest BCUT2D eigenvalue weighted by molar-refractivity contribution is 0.216. The molecule has 0 radical (unpaired) electrons. The molecule has 0 saturated heterocycles. The topological polar surface area (TPSA) is 73.9 Å². The van der Waals surface area contributed by atoms with Gasteiger partial charge in [0, 0.05) is 18.7 Å². The highest BCUT2D eigenvalue weighted by molar-refractivity contribution is 7.89. The van der Waals surface area contributed by atoms with Gasteiger partial charge < -0.3 is 14.2 Å². The highest BCUT2D eigenvalue weighted by Crippen LogP contribution is 2.29. The molecule has 1 aromatic rings. The van der Waals surface area contributed by atoms with Crippen molar-refractivity contribution in [2.24, 2.45) is 0 Å². The van der Waals surface area contributed by atoms with Crippen LogP contribution in [-0.2, 0) is 14.8 Å². The van der Waals surface area contributed by atoms with Crippen LogP contribution in [0, 0.1) is 0 Å². The Morgan fingerprint density at radius 3 is 2.45 bits per heavy atom. The Balaban J connectivity index is 2.93. The summed E-state index contributed by atoms with van der Waals surface area (Å²) in [4.78, 5) is 0. The van der Waals surface area contributed by atoms with Gasteiger partial charge in [0.25, 0.3) is 0 Å². The van der Waals surface area contributed by atoms with Crippen molar-refractivity contribution in [2.75, 3.05) is 33.7 Å². The first-order valence-corrected chi connectivity index (χ1v) is 7.79. The van der Waals surface area contributed by atoms with Crippen LogP contribution in [0.1, 0.15) is 18.5 Å². The zero-order chi connectivity index (χ0) is 15.2. The van der Waals surface area contributed by atoms with Crippen molar-refractivity contribution in [3.63, 3.8) is 0 Å². The van der Waals surface area contributed by atoms with Gasteiger partial charge in [-0.25, -0.2) is 13.1 Å². The number of methoxy groups -OCH3 is 3. The molecule has 0 aliphatic rings. The minimum absolute atomic E-state index is 0.0832. The van der Waals surface area contributed by atoms with Crippen LogP contribution in [-0.4, -0.2) is 42.1 Å². The third-order valence-electron chi connectivity index (χ3n) is 2.82. The van der Waals surface area contributed by atoms with Crippen LogP contribution < -0.4 is 14.2 Å². The number of hydrogen-bond acceptors (Lipinski definition) is 5. The fourth-order valence-electron chi connectivity index (χ4n) is 1.76. The zero-order valence-electron chi connectivity index (χ0n) is 12.2. The molecule has 0 aliphatic heterocycles. The van der Waals surface area contributed by atoms with E-state index in [1.54, 1.807) is 32.2 Å². The molecule has 1 rings (SSSR count). The second kappa shape index (κ2) is 7.47. The Morgan fingerprint density at radius 2 is 1.90 bits per heavy atom. The minimum Gasteiger partial charge on any atom is -0.497 e. The molecule has 114 valence electrons. The number of ether oxygens (including phenoxy) is 3. The zero-order valence-corrected chi connectivity index (χ0v) is 13.0. The first-order chi connectivity index (χ1) is 9.43.